The molecule has 0 aromatic heterocycles. The summed E-state index contributed by atoms with van der Waals surface area (Å²) in [6, 6.07) is 20.8. The normalized spacial score (nSPS) is 13.8. The summed E-state index contributed by atoms with van der Waals surface area (Å²) in [5.74, 6) is -0.427. The van der Waals surface area contributed by atoms with E-state index in [4.69, 9.17) is 4.74 Å². The van der Waals surface area contributed by atoms with Crippen molar-refractivity contribution in [1.29, 1.82) is 0 Å². The molecular weight excluding hydrogens is 419 g/mol. The van der Waals surface area contributed by atoms with E-state index in [-0.39, 0.29) is 23.4 Å². The highest BCUT2D eigenvalue weighted by Gasteiger charge is 2.39. The molecule has 3 aromatic carbocycles. The van der Waals surface area contributed by atoms with Gasteiger partial charge in [-0.15, -0.1) is 0 Å². The van der Waals surface area contributed by atoms with E-state index >= 15 is 0 Å². The van der Waals surface area contributed by atoms with Crippen molar-refractivity contribution in [2.75, 3.05) is 12.4 Å². The number of halogens is 1. The van der Waals surface area contributed by atoms with Crippen molar-refractivity contribution in [3.05, 3.63) is 101 Å². The molecule has 5 nitrogen and oxygen atoms in total. The molecule has 1 N–H and O–H groups in total. The van der Waals surface area contributed by atoms with Gasteiger partial charge in [0.2, 0.25) is 0 Å². The van der Waals surface area contributed by atoms with Crippen molar-refractivity contribution in [3.8, 4) is 5.75 Å². The summed E-state index contributed by atoms with van der Waals surface area (Å²) in [7, 11) is 1.56. The molecule has 0 radical (unpaired) electrons. The second-order valence-corrected chi connectivity index (χ2v) is 8.17. The monoisotopic (exact) mass is 444 g/mol. The summed E-state index contributed by atoms with van der Waals surface area (Å²) >= 11 is 0. The third kappa shape index (κ3) is 4.51. The summed E-state index contributed by atoms with van der Waals surface area (Å²) in [4.78, 5) is 27.8. The Bertz CT molecular complexity index is 1210. The molecule has 33 heavy (non-hydrogen) atoms. The third-order valence-electron chi connectivity index (χ3n) is 5.68. The van der Waals surface area contributed by atoms with Gasteiger partial charge >= 0.3 is 0 Å². The average Bonchev–Trinajstić information content (AvgIpc) is 3.05. The highest BCUT2D eigenvalue weighted by Crippen LogP contribution is 2.33. The Morgan fingerprint density at radius 3 is 2.18 bits per heavy atom. The van der Waals surface area contributed by atoms with E-state index in [9.17, 15) is 14.0 Å². The second kappa shape index (κ2) is 9.28. The Balaban J connectivity index is 1.72. The lowest BCUT2D eigenvalue weighted by molar-refractivity contribution is -0.137. The number of anilines is 1. The van der Waals surface area contributed by atoms with Gasteiger partial charge in [0.1, 0.15) is 17.3 Å². The van der Waals surface area contributed by atoms with Crippen LogP contribution in [-0.2, 0) is 16.1 Å². The number of carbonyl (C=O) groups is 2. The minimum absolute atomic E-state index is 0.151. The summed E-state index contributed by atoms with van der Waals surface area (Å²) in [5.41, 5.74) is 3.11. The number of rotatable bonds is 7. The molecule has 0 saturated carbocycles. The van der Waals surface area contributed by atoms with Gasteiger partial charge in [-0.1, -0.05) is 56.3 Å². The van der Waals surface area contributed by atoms with Crippen LogP contribution in [0, 0.1) is 5.82 Å². The first-order valence-electron chi connectivity index (χ1n) is 10.7. The summed E-state index contributed by atoms with van der Waals surface area (Å²) in [5, 5.41) is 3.14. The maximum absolute atomic E-state index is 14.3. The minimum atomic E-state index is -0.498. The fraction of sp³-hybridized carbons (Fsp3) is 0.185. The molecule has 0 bridgehead atoms. The molecule has 0 aliphatic carbocycles. The number of nitrogens with one attached hydrogen (secondary N) is 1. The van der Waals surface area contributed by atoms with Crippen molar-refractivity contribution in [3.63, 3.8) is 0 Å². The first kappa shape index (κ1) is 22.3. The lowest BCUT2D eigenvalue weighted by atomic mass is 10.0. The number of imide groups is 1. The van der Waals surface area contributed by atoms with Crippen molar-refractivity contribution >= 4 is 23.1 Å². The van der Waals surface area contributed by atoms with Crippen LogP contribution in [0.3, 0.4) is 0 Å². The van der Waals surface area contributed by atoms with Crippen LogP contribution < -0.4 is 10.1 Å². The fourth-order valence-electron chi connectivity index (χ4n) is 3.75. The van der Waals surface area contributed by atoms with Crippen LogP contribution in [0.4, 0.5) is 10.1 Å². The summed E-state index contributed by atoms with van der Waals surface area (Å²) in [6.45, 7) is 4.06. The topological polar surface area (TPSA) is 58.6 Å². The van der Waals surface area contributed by atoms with E-state index in [1.807, 2.05) is 24.3 Å². The number of hydrogen-bond donors (Lipinski definition) is 1. The lowest BCUT2D eigenvalue weighted by Gasteiger charge is -2.16. The number of ether oxygens (including phenoxy) is 1. The quantitative estimate of drug-likeness (QED) is 0.499. The van der Waals surface area contributed by atoms with Crippen molar-refractivity contribution in [2.45, 2.75) is 26.3 Å². The lowest BCUT2D eigenvalue weighted by Crippen LogP contribution is -2.32. The van der Waals surface area contributed by atoms with Gasteiger partial charge in [-0.3, -0.25) is 14.5 Å². The largest absolute Gasteiger partial charge is 0.497 e. The zero-order chi connectivity index (χ0) is 23.5. The van der Waals surface area contributed by atoms with E-state index in [0.717, 1.165) is 4.90 Å². The predicted molar refractivity (Wildman–Crippen MR) is 126 cm³/mol. The molecule has 6 heteroatoms. The first-order valence-corrected chi connectivity index (χ1v) is 10.7. The van der Waals surface area contributed by atoms with E-state index in [0.29, 0.717) is 22.9 Å². The first-order chi connectivity index (χ1) is 15.9. The number of amides is 2. The molecule has 168 valence electrons. The molecule has 3 aromatic rings. The average molecular weight is 445 g/mol. The van der Waals surface area contributed by atoms with Gasteiger partial charge in [-0.2, -0.15) is 0 Å². The number of methoxy groups -OCH3 is 1. The Morgan fingerprint density at radius 1 is 0.909 bits per heavy atom. The smallest absolute Gasteiger partial charge is 0.278 e. The summed E-state index contributed by atoms with van der Waals surface area (Å²) < 4.78 is 19.5. The maximum Gasteiger partial charge on any atom is 0.278 e. The van der Waals surface area contributed by atoms with Gasteiger partial charge < -0.3 is 10.1 Å². The predicted octanol–water partition coefficient (Wildman–Crippen LogP) is 5.35. The molecule has 1 heterocycles. The number of benzene rings is 3. The highest BCUT2D eigenvalue weighted by atomic mass is 19.1. The van der Waals surface area contributed by atoms with Crippen LogP contribution in [-0.4, -0.2) is 23.8 Å². The molecule has 0 fully saturated rings. The van der Waals surface area contributed by atoms with Crippen molar-refractivity contribution in [1.82, 2.24) is 4.90 Å². The zero-order valence-corrected chi connectivity index (χ0v) is 18.8. The van der Waals surface area contributed by atoms with Crippen LogP contribution in [0.25, 0.3) is 5.57 Å². The van der Waals surface area contributed by atoms with Crippen LogP contribution >= 0.6 is 0 Å². The van der Waals surface area contributed by atoms with Gasteiger partial charge in [0.05, 0.1) is 19.2 Å². The van der Waals surface area contributed by atoms with Crippen LogP contribution in [0.5, 0.6) is 5.75 Å². The van der Waals surface area contributed by atoms with Gasteiger partial charge in [0.15, 0.2) is 0 Å². The second-order valence-electron chi connectivity index (χ2n) is 8.17. The number of carbonyl (C=O) groups excluding carboxylic acids is 2. The Hall–Kier alpha value is -3.93. The van der Waals surface area contributed by atoms with E-state index < -0.39 is 17.6 Å². The Kier molecular flexibility index (Phi) is 6.27. The zero-order valence-electron chi connectivity index (χ0n) is 18.8. The third-order valence-corrected chi connectivity index (χ3v) is 5.68. The number of hydrogen-bond acceptors (Lipinski definition) is 4. The Morgan fingerprint density at radius 2 is 1.58 bits per heavy atom. The van der Waals surface area contributed by atoms with E-state index in [1.54, 1.807) is 49.6 Å². The molecule has 1 aliphatic heterocycles. The SMILES string of the molecule is COc1ccc(C2=C(Nc3ccc(C(C)C)cc3)C(=O)N(Cc3ccccc3F)C2=O)cc1. The summed E-state index contributed by atoms with van der Waals surface area (Å²) in [6.07, 6.45) is 0. The van der Waals surface area contributed by atoms with Gasteiger partial charge in [-0.25, -0.2) is 4.39 Å². The molecule has 0 unspecified atom stereocenters. The number of nitrogens with zero attached hydrogens (tertiary/aromatic N) is 1. The van der Waals surface area contributed by atoms with Crippen molar-refractivity contribution in [2.24, 2.45) is 0 Å². The van der Waals surface area contributed by atoms with Crippen molar-refractivity contribution < 1.29 is 18.7 Å². The van der Waals surface area contributed by atoms with E-state index in [1.165, 1.54) is 11.6 Å². The molecule has 0 atom stereocenters. The van der Waals surface area contributed by atoms with Crippen LogP contribution in [0.15, 0.2) is 78.5 Å². The molecule has 0 spiro atoms. The maximum atomic E-state index is 14.3. The van der Waals surface area contributed by atoms with Gasteiger partial charge in [0.25, 0.3) is 11.8 Å². The fourth-order valence-corrected chi connectivity index (χ4v) is 3.75. The molecule has 1 aliphatic rings. The van der Waals surface area contributed by atoms with Crippen LogP contribution in [0.1, 0.15) is 36.5 Å². The molecule has 2 amide bonds. The molecule has 4 rings (SSSR count). The molecular formula is C27H25FN2O3. The standard InChI is InChI=1S/C27H25FN2O3/c1-17(2)18-8-12-21(13-9-18)29-25-24(19-10-14-22(33-3)15-11-19)26(31)30(27(25)32)16-20-6-4-5-7-23(20)28/h4-15,17,29H,16H2,1-3H3. The Labute approximate surface area is 192 Å². The molecule has 0 saturated heterocycles. The van der Waals surface area contributed by atoms with Gasteiger partial charge in [-0.05, 0) is 47.4 Å². The van der Waals surface area contributed by atoms with E-state index in [2.05, 4.69) is 19.2 Å². The minimum Gasteiger partial charge on any atom is -0.497 e. The highest BCUT2D eigenvalue weighted by molar-refractivity contribution is 6.36. The van der Waals surface area contributed by atoms with Crippen LogP contribution in [0.2, 0.25) is 0 Å². The van der Waals surface area contributed by atoms with Gasteiger partial charge in [0, 0.05) is 11.3 Å².